The Hall–Kier alpha value is -2.13. The number of hydrogen-bond donors (Lipinski definition) is 2. The molecule has 0 aliphatic carbocycles. The van der Waals surface area contributed by atoms with Crippen molar-refractivity contribution in [2.45, 2.75) is 18.9 Å². The van der Waals surface area contributed by atoms with E-state index in [2.05, 4.69) is 4.72 Å². The van der Waals surface area contributed by atoms with Gasteiger partial charge in [0.25, 0.3) is 11.8 Å². The minimum Gasteiger partial charge on any atom is -0.368 e. The van der Waals surface area contributed by atoms with E-state index in [1.165, 1.54) is 0 Å². The highest BCUT2D eigenvalue weighted by molar-refractivity contribution is 7.73. The van der Waals surface area contributed by atoms with Crippen LogP contribution in [0, 0.1) is 0 Å². The van der Waals surface area contributed by atoms with Gasteiger partial charge in [-0.1, -0.05) is 0 Å². The van der Waals surface area contributed by atoms with Crippen LogP contribution in [-0.2, 0) is 20.4 Å². The van der Waals surface area contributed by atoms with Crippen molar-refractivity contribution in [1.82, 2.24) is 9.80 Å². The zero-order chi connectivity index (χ0) is 17.8. The maximum Gasteiger partial charge on any atom is 0.253 e. The highest BCUT2D eigenvalue weighted by atomic mass is 32.2. The average Bonchev–Trinajstić information content (AvgIpc) is 3.15. The first-order chi connectivity index (χ1) is 12.0. The monoisotopic (exact) mass is 367 g/mol. The van der Waals surface area contributed by atoms with E-state index in [-0.39, 0.29) is 17.9 Å². The van der Waals surface area contributed by atoms with Crippen molar-refractivity contribution in [3.05, 3.63) is 29.8 Å². The van der Waals surface area contributed by atoms with Gasteiger partial charge in [-0.05, 0) is 37.1 Å². The first kappa shape index (κ1) is 17.7. The van der Waals surface area contributed by atoms with Crippen LogP contribution in [0.25, 0.3) is 0 Å². The summed E-state index contributed by atoms with van der Waals surface area (Å²) in [5.41, 5.74) is 0.908. The van der Waals surface area contributed by atoms with Crippen molar-refractivity contribution in [2.24, 2.45) is 0 Å². The third-order valence-electron chi connectivity index (χ3n) is 4.44. The van der Waals surface area contributed by atoms with E-state index in [1.54, 1.807) is 34.1 Å². The summed E-state index contributed by atoms with van der Waals surface area (Å²) >= 11 is 0. The van der Waals surface area contributed by atoms with Crippen molar-refractivity contribution in [1.29, 1.82) is 0 Å². The summed E-state index contributed by atoms with van der Waals surface area (Å²) in [6.45, 7) is 2.59. The van der Waals surface area contributed by atoms with Crippen LogP contribution in [-0.4, -0.2) is 68.9 Å². The van der Waals surface area contributed by atoms with E-state index < -0.39 is 10.9 Å². The number of anilines is 1. The molecule has 0 spiro atoms. The Morgan fingerprint density at radius 1 is 1.04 bits per heavy atom. The van der Waals surface area contributed by atoms with Crippen molar-refractivity contribution < 1.29 is 22.7 Å². The fraction of sp³-hybridized carbons (Fsp3) is 0.500. The highest BCUT2D eigenvalue weighted by Gasteiger charge is 2.31. The second-order valence-corrected chi connectivity index (χ2v) is 6.80. The number of nitrogens with zero attached hydrogens (tertiary/aromatic N) is 2. The Morgan fingerprint density at radius 3 is 2.24 bits per heavy atom. The standard InChI is InChI=1S/C16H21N3O5S/c20-15(12-3-5-13(6-4-12)17-25(22)23)18-7-9-19(10-8-18)16(21)14-2-1-11-24-14/h3-6,14,25H,1-2,7-11H2,(H,17,22,23). The van der Waals surface area contributed by atoms with Crippen LogP contribution in [0.5, 0.6) is 0 Å². The fourth-order valence-corrected chi connectivity index (χ4v) is 3.44. The van der Waals surface area contributed by atoms with E-state index in [0.29, 0.717) is 44.0 Å². The molecule has 0 saturated carbocycles. The molecule has 2 fully saturated rings. The Bertz CT molecular complexity index is 697. The minimum atomic E-state index is -2.72. The number of piperazine rings is 1. The molecule has 0 aromatic heterocycles. The molecule has 1 aromatic carbocycles. The SMILES string of the molecule is O=C(c1ccc(N[SH](=O)=O)cc1)N1CCN(C(=O)C2CCCO2)CC1. The predicted octanol–water partition coefficient (Wildman–Crippen LogP) is 0.0883. The summed E-state index contributed by atoms with van der Waals surface area (Å²) in [4.78, 5) is 28.3. The average molecular weight is 367 g/mol. The maximum atomic E-state index is 12.5. The molecule has 1 N–H and O–H groups in total. The Balaban J connectivity index is 1.55. The zero-order valence-corrected chi connectivity index (χ0v) is 14.6. The summed E-state index contributed by atoms with van der Waals surface area (Å²) in [5.74, 6) is -0.103. The molecule has 2 aliphatic rings. The fourth-order valence-electron chi connectivity index (χ4n) is 3.08. The van der Waals surface area contributed by atoms with Gasteiger partial charge in [0, 0.05) is 44.0 Å². The molecular formula is C16H21N3O5S. The van der Waals surface area contributed by atoms with Gasteiger partial charge in [-0.3, -0.25) is 14.3 Å². The van der Waals surface area contributed by atoms with Gasteiger partial charge in [-0.25, -0.2) is 8.42 Å². The van der Waals surface area contributed by atoms with Crippen LogP contribution >= 0.6 is 0 Å². The summed E-state index contributed by atoms with van der Waals surface area (Å²) in [5, 5.41) is 0. The van der Waals surface area contributed by atoms with Crippen molar-refractivity contribution in [2.75, 3.05) is 37.5 Å². The number of amides is 2. The van der Waals surface area contributed by atoms with Gasteiger partial charge < -0.3 is 14.5 Å². The second-order valence-electron chi connectivity index (χ2n) is 6.07. The molecular weight excluding hydrogens is 346 g/mol. The van der Waals surface area contributed by atoms with Gasteiger partial charge >= 0.3 is 0 Å². The molecule has 8 nitrogen and oxygen atoms in total. The number of thiol groups is 1. The van der Waals surface area contributed by atoms with E-state index >= 15 is 0 Å². The lowest BCUT2D eigenvalue weighted by atomic mass is 10.1. The van der Waals surface area contributed by atoms with Gasteiger partial charge in [-0.2, -0.15) is 0 Å². The third-order valence-corrected chi connectivity index (χ3v) is 4.88. The van der Waals surface area contributed by atoms with Crippen molar-refractivity contribution in [3.8, 4) is 0 Å². The number of hydrogen-bond acceptors (Lipinski definition) is 5. The van der Waals surface area contributed by atoms with Crippen LogP contribution in [0.15, 0.2) is 24.3 Å². The number of ether oxygens (including phenoxy) is 1. The van der Waals surface area contributed by atoms with Gasteiger partial charge in [-0.15, -0.1) is 0 Å². The molecule has 1 atom stereocenters. The summed E-state index contributed by atoms with van der Waals surface area (Å²) in [6.07, 6.45) is 1.36. The first-order valence-corrected chi connectivity index (χ1v) is 9.43. The number of nitrogens with one attached hydrogen (secondary N) is 1. The minimum absolute atomic E-state index is 0.0201. The topological polar surface area (TPSA) is 96.0 Å². The quantitative estimate of drug-likeness (QED) is 0.736. The summed E-state index contributed by atoms with van der Waals surface area (Å²) in [6, 6.07) is 6.28. The van der Waals surface area contributed by atoms with Crippen LogP contribution in [0.1, 0.15) is 23.2 Å². The Kier molecular flexibility index (Phi) is 5.54. The van der Waals surface area contributed by atoms with Crippen molar-refractivity contribution >= 4 is 28.4 Å². The van der Waals surface area contributed by atoms with Crippen LogP contribution in [0.2, 0.25) is 0 Å². The molecule has 25 heavy (non-hydrogen) atoms. The molecule has 2 saturated heterocycles. The molecule has 9 heteroatoms. The molecule has 0 radical (unpaired) electrons. The lowest BCUT2D eigenvalue weighted by Crippen LogP contribution is -2.52. The predicted molar refractivity (Wildman–Crippen MR) is 91.8 cm³/mol. The van der Waals surface area contributed by atoms with Crippen molar-refractivity contribution in [3.63, 3.8) is 0 Å². The summed E-state index contributed by atoms with van der Waals surface area (Å²) in [7, 11) is -2.72. The normalized spacial score (nSPS) is 20.8. The molecule has 1 unspecified atom stereocenters. The molecule has 2 amide bonds. The first-order valence-electron chi connectivity index (χ1n) is 8.25. The van der Waals surface area contributed by atoms with Crippen LogP contribution < -0.4 is 4.72 Å². The largest absolute Gasteiger partial charge is 0.368 e. The van der Waals surface area contributed by atoms with Crippen LogP contribution in [0.4, 0.5) is 5.69 Å². The van der Waals surface area contributed by atoms with E-state index in [9.17, 15) is 18.0 Å². The molecule has 2 aliphatic heterocycles. The van der Waals surface area contributed by atoms with Gasteiger partial charge in [0.2, 0.25) is 10.9 Å². The number of benzene rings is 1. The maximum absolute atomic E-state index is 12.5. The van der Waals surface area contributed by atoms with Crippen LogP contribution in [0.3, 0.4) is 0 Å². The Morgan fingerprint density at radius 2 is 1.68 bits per heavy atom. The van der Waals surface area contributed by atoms with Gasteiger partial charge in [0.05, 0.1) is 0 Å². The third kappa shape index (κ3) is 4.29. The Labute approximate surface area is 147 Å². The lowest BCUT2D eigenvalue weighted by molar-refractivity contribution is -0.142. The smallest absolute Gasteiger partial charge is 0.253 e. The van der Waals surface area contributed by atoms with E-state index in [4.69, 9.17) is 4.74 Å². The molecule has 2 heterocycles. The number of rotatable bonds is 4. The number of carbonyl (C=O) groups excluding carboxylic acids is 2. The zero-order valence-electron chi connectivity index (χ0n) is 13.7. The summed E-state index contributed by atoms with van der Waals surface area (Å²) < 4.78 is 28.9. The van der Waals surface area contributed by atoms with E-state index in [0.717, 1.165) is 12.8 Å². The second kappa shape index (κ2) is 7.83. The molecule has 1 aromatic rings. The van der Waals surface area contributed by atoms with Gasteiger partial charge in [0.1, 0.15) is 6.10 Å². The molecule has 136 valence electrons. The van der Waals surface area contributed by atoms with Gasteiger partial charge in [0.15, 0.2) is 0 Å². The molecule has 0 bridgehead atoms. The number of carbonyl (C=O) groups is 2. The molecule has 3 rings (SSSR count). The lowest BCUT2D eigenvalue weighted by Gasteiger charge is -2.35. The highest BCUT2D eigenvalue weighted by Crippen LogP contribution is 2.17. The van der Waals surface area contributed by atoms with E-state index in [1.807, 2.05) is 0 Å².